The van der Waals surface area contributed by atoms with Gasteiger partial charge in [0.05, 0.1) is 28.4 Å². The molecule has 1 aliphatic heterocycles. The van der Waals surface area contributed by atoms with Crippen LogP contribution >= 0.6 is 0 Å². The fourth-order valence-corrected chi connectivity index (χ4v) is 4.71. The minimum absolute atomic E-state index is 0.0287. The van der Waals surface area contributed by atoms with E-state index < -0.39 is 22.1 Å². The quantitative estimate of drug-likeness (QED) is 0.701. The maximum Gasteiger partial charge on any atom is 0.393 e. The highest BCUT2D eigenvalue weighted by molar-refractivity contribution is 7.89. The molecule has 0 saturated carbocycles. The van der Waals surface area contributed by atoms with Crippen LogP contribution in [-0.2, 0) is 23.1 Å². The second kappa shape index (κ2) is 8.23. The number of hydrogen-bond donors (Lipinski definition) is 0. The summed E-state index contributed by atoms with van der Waals surface area (Å²) in [6.45, 7) is 3.57. The fraction of sp³-hybridized carbons (Fsp3) is 0.632. The minimum atomic E-state index is -4.18. The van der Waals surface area contributed by atoms with Crippen molar-refractivity contribution < 1.29 is 21.6 Å². The predicted molar refractivity (Wildman–Crippen MR) is 105 cm³/mol. The number of halogens is 3. The molecule has 6 nitrogen and oxygen atoms in total. The Labute approximate surface area is 169 Å². The molecule has 0 bridgehead atoms. The predicted octanol–water partition coefficient (Wildman–Crippen LogP) is 3.47. The van der Waals surface area contributed by atoms with E-state index in [0.29, 0.717) is 37.4 Å². The van der Waals surface area contributed by atoms with Crippen molar-refractivity contribution in [3.8, 4) is 0 Å². The summed E-state index contributed by atoms with van der Waals surface area (Å²) in [4.78, 5) is 6.55. The van der Waals surface area contributed by atoms with E-state index in [9.17, 15) is 21.6 Å². The average Bonchev–Trinajstić information content (AvgIpc) is 2.98. The zero-order valence-corrected chi connectivity index (χ0v) is 17.7. The number of aromatic nitrogens is 2. The summed E-state index contributed by atoms with van der Waals surface area (Å²) in [5.74, 6) is -0.638. The van der Waals surface area contributed by atoms with E-state index in [1.165, 1.54) is 20.2 Å². The van der Waals surface area contributed by atoms with Crippen LogP contribution in [0.2, 0.25) is 0 Å². The van der Waals surface area contributed by atoms with Crippen LogP contribution in [0, 0.1) is 5.92 Å². The molecular formula is C19H27F3N4O2S. The van der Waals surface area contributed by atoms with Crippen LogP contribution in [-0.4, -0.2) is 60.5 Å². The van der Waals surface area contributed by atoms with E-state index in [-0.39, 0.29) is 17.9 Å². The van der Waals surface area contributed by atoms with Crippen LogP contribution in [0.25, 0.3) is 11.0 Å². The molecule has 0 unspecified atom stereocenters. The van der Waals surface area contributed by atoms with E-state index >= 15 is 0 Å². The first-order chi connectivity index (χ1) is 13.5. The molecule has 10 heteroatoms. The van der Waals surface area contributed by atoms with E-state index in [4.69, 9.17) is 0 Å². The first kappa shape index (κ1) is 22.0. The zero-order chi connectivity index (χ0) is 21.4. The van der Waals surface area contributed by atoms with Crippen molar-refractivity contribution in [3.63, 3.8) is 0 Å². The summed E-state index contributed by atoms with van der Waals surface area (Å²) < 4.78 is 67.4. The number of likely N-dealkylation sites (tertiary alicyclic amines) is 1. The lowest BCUT2D eigenvalue weighted by Crippen LogP contribution is -2.41. The second-order valence-corrected chi connectivity index (χ2v) is 9.89. The number of fused-ring (bicyclic) bond motifs is 1. The van der Waals surface area contributed by atoms with Gasteiger partial charge in [0.1, 0.15) is 5.82 Å². The van der Waals surface area contributed by atoms with Gasteiger partial charge < -0.3 is 4.57 Å². The van der Waals surface area contributed by atoms with Crippen LogP contribution in [0.5, 0.6) is 0 Å². The van der Waals surface area contributed by atoms with Crippen molar-refractivity contribution in [1.82, 2.24) is 18.8 Å². The molecule has 0 spiro atoms. The fourth-order valence-electron chi connectivity index (χ4n) is 3.79. The summed E-state index contributed by atoms with van der Waals surface area (Å²) in [5.41, 5.74) is 1.34. The Morgan fingerprint density at radius 3 is 2.62 bits per heavy atom. The molecule has 1 saturated heterocycles. The molecule has 1 atom stereocenters. The Hall–Kier alpha value is -1.65. The summed E-state index contributed by atoms with van der Waals surface area (Å²) in [5, 5.41) is 0. The van der Waals surface area contributed by atoms with E-state index in [0.717, 1.165) is 16.2 Å². The number of sulfonamides is 1. The van der Waals surface area contributed by atoms with Gasteiger partial charge in [-0.25, -0.2) is 17.7 Å². The number of benzene rings is 1. The van der Waals surface area contributed by atoms with Crippen molar-refractivity contribution in [2.24, 2.45) is 5.92 Å². The number of piperidine rings is 1. The van der Waals surface area contributed by atoms with Crippen molar-refractivity contribution in [3.05, 3.63) is 24.0 Å². The molecule has 0 radical (unpaired) electrons. The Morgan fingerprint density at radius 2 is 2.00 bits per heavy atom. The maximum absolute atomic E-state index is 13.1. The topological polar surface area (TPSA) is 58.4 Å². The third-order valence-corrected chi connectivity index (χ3v) is 7.17. The van der Waals surface area contributed by atoms with Crippen LogP contribution in [0.1, 0.15) is 32.0 Å². The number of rotatable bonds is 6. The normalized spacial score (nSPS) is 19.3. The van der Waals surface area contributed by atoms with Gasteiger partial charge >= 0.3 is 6.18 Å². The molecule has 0 amide bonds. The van der Waals surface area contributed by atoms with E-state index in [2.05, 4.69) is 4.98 Å². The minimum Gasteiger partial charge on any atom is -0.327 e. The average molecular weight is 433 g/mol. The summed E-state index contributed by atoms with van der Waals surface area (Å²) >= 11 is 0. The van der Waals surface area contributed by atoms with Gasteiger partial charge in [-0.2, -0.15) is 13.2 Å². The van der Waals surface area contributed by atoms with Crippen LogP contribution in [0.15, 0.2) is 23.1 Å². The van der Waals surface area contributed by atoms with E-state index in [1.807, 2.05) is 11.5 Å². The lowest BCUT2D eigenvalue weighted by Gasteiger charge is -2.33. The first-order valence-corrected chi connectivity index (χ1v) is 11.2. The van der Waals surface area contributed by atoms with Crippen LogP contribution in [0.4, 0.5) is 13.2 Å². The lowest BCUT2D eigenvalue weighted by atomic mass is 9.97. The van der Waals surface area contributed by atoms with Crippen molar-refractivity contribution in [2.75, 3.05) is 27.2 Å². The lowest BCUT2D eigenvalue weighted by molar-refractivity contribution is -0.187. The summed E-state index contributed by atoms with van der Waals surface area (Å²) in [6.07, 6.45) is -2.68. The standard InChI is InChI=1S/C19H27F3N4O2S/c1-4-9-26-17-8-7-15(29(27,28)24(2)3)11-16(17)23-18(26)13-25-10-5-6-14(12-25)19(20,21)22/h7-8,11,14H,4-6,9-10,12-13H2,1-3H3/t14-/m1/s1. The molecular weight excluding hydrogens is 405 g/mol. The molecule has 0 aliphatic carbocycles. The third-order valence-electron chi connectivity index (χ3n) is 5.36. The molecule has 162 valence electrons. The van der Waals surface area contributed by atoms with Gasteiger partial charge in [0.15, 0.2) is 0 Å². The van der Waals surface area contributed by atoms with Gasteiger partial charge in [-0.3, -0.25) is 4.90 Å². The number of imidazole rings is 1. The Kier molecular flexibility index (Phi) is 6.26. The molecule has 3 rings (SSSR count). The molecule has 0 N–H and O–H groups in total. The van der Waals surface area contributed by atoms with Gasteiger partial charge in [0, 0.05) is 27.2 Å². The number of aryl methyl sites for hydroxylation is 1. The highest BCUT2D eigenvalue weighted by Crippen LogP contribution is 2.33. The number of hydrogen-bond acceptors (Lipinski definition) is 4. The highest BCUT2D eigenvalue weighted by atomic mass is 32.2. The molecule has 2 aromatic rings. The van der Waals surface area contributed by atoms with Crippen molar-refractivity contribution in [2.45, 2.75) is 50.3 Å². The van der Waals surface area contributed by atoms with Crippen molar-refractivity contribution in [1.29, 1.82) is 0 Å². The van der Waals surface area contributed by atoms with Crippen LogP contribution < -0.4 is 0 Å². The van der Waals surface area contributed by atoms with Gasteiger partial charge in [-0.1, -0.05) is 6.92 Å². The summed E-state index contributed by atoms with van der Waals surface area (Å²) in [7, 11) is -0.654. The first-order valence-electron chi connectivity index (χ1n) is 9.74. The van der Waals surface area contributed by atoms with Gasteiger partial charge in [0.2, 0.25) is 10.0 Å². The largest absolute Gasteiger partial charge is 0.393 e. The summed E-state index contributed by atoms with van der Waals surface area (Å²) in [6, 6.07) is 4.82. The highest BCUT2D eigenvalue weighted by Gasteiger charge is 2.41. The molecule has 1 aromatic carbocycles. The number of nitrogens with zero attached hydrogens (tertiary/aromatic N) is 4. The molecule has 1 aromatic heterocycles. The van der Waals surface area contributed by atoms with Crippen LogP contribution in [0.3, 0.4) is 0 Å². The Bertz CT molecular complexity index is 970. The Morgan fingerprint density at radius 1 is 1.28 bits per heavy atom. The molecule has 1 aliphatic rings. The third kappa shape index (κ3) is 4.59. The maximum atomic E-state index is 13.1. The Balaban J connectivity index is 1.94. The zero-order valence-electron chi connectivity index (χ0n) is 16.9. The molecule has 2 heterocycles. The smallest absolute Gasteiger partial charge is 0.327 e. The number of alkyl halides is 3. The molecule has 29 heavy (non-hydrogen) atoms. The van der Waals surface area contributed by atoms with Gasteiger partial charge in [-0.05, 0) is 44.0 Å². The van der Waals surface area contributed by atoms with Gasteiger partial charge in [-0.15, -0.1) is 0 Å². The second-order valence-electron chi connectivity index (χ2n) is 7.73. The van der Waals surface area contributed by atoms with E-state index in [1.54, 1.807) is 17.0 Å². The van der Waals surface area contributed by atoms with Gasteiger partial charge in [0.25, 0.3) is 0 Å². The SMILES string of the molecule is CCCn1c(CN2CCC[C@@H](C(F)(F)F)C2)nc2cc(S(=O)(=O)N(C)C)ccc21. The molecule has 1 fully saturated rings. The monoisotopic (exact) mass is 432 g/mol. The van der Waals surface area contributed by atoms with Crippen molar-refractivity contribution >= 4 is 21.1 Å².